The van der Waals surface area contributed by atoms with Crippen molar-refractivity contribution >= 4 is 0 Å². The highest BCUT2D eigenvalue weighted by molar-refractivity contribution is 4.79. The van der Waals surface area contributed by atoms with Gasteiger partial charge in [0.2, 0.25) is 0 Å². The van der Waals surface area contributed by atoms with Crippen molar-refractivity contribution in [2.75, 3.05) is 46.8 Å². The summed E-state index contributed by atoms with van der Waals surface area (Å²) in [5, 5.41) is 0. The van der Waals surface area contributed by atoms with E-state index in [1.807, 2.05) is 0 Å². The second kappa shape index (κ2) is 6.72. The second-order valence-electron chi connectivity index (χ2n) is 6.31. The number of nitrogens with zero attached hydrogens (tertiary/aromatic N) is 2. The van der Waals surface area contributed by atoms with E-state index in [1.54, 1.807) is 0 Å². The Kier molecular flexibility index (Phi) is 5.90. The molecule has 1 atom stereocenters. The first-order valence-electron chi connectivity index (χ1n) is 7.06. The lowest BCUT2D eigenvalue weighted by Gasteiger charge is -2.36. The van der Waals surface area contributed by atoms with Gasteiger partial charge in [-0.15, -0.1) is 0 Å². The summed E-state index contributed by atoms with van der Waals surface area (Å²) in [6, 6.07) is 0. The summed E-state index contributed by atoms with van der Waals surface area (Å²) < 4.78 is 0. The monoisotopic (exact) mass is 241 g/mol. The van der Waals surface area contributed by atoms with Gasteiger partial charge in [0.1, 0.15) is 0 Å². The maximum absolute atomic E-state index is 5.88. The fourth-order valence-electron chi connectivity index (χ4n) is 2.72. The summed E-state index contributed by atoms with van der Waals surface area (Å²) in [6.45, 7) is 10.2. The summed E-state index contributed by atoms with van der Waals surface area (Å²) in [5.74, 6) is 0.884. The van der Waals surface area contributed by atoms with E-state index in [4.69, 9.17) is 5.73 Å². The Morgan fingerprint density at radius 3 is 2.41 bits per heavy atom. The largest absolute Gasteiger partial charge is 0.330 e. The SMILES string of the molecule is CCC(C)(CN)CN(C)CC1CCN(C)CC1. The molecule has 0 saturated carbocycles. The van der Waals surface area contributed by atoms with Crippen LogP contribution in [0, 0.1) is 11.3 Å². The topological polar surface area (TPSA) is 32.5 Å². The predicted octanol–water partition coefficient (Wildman–Crippen LogP) is 1.64. The normalized spacial score (nSPS) is 22.9. The average Bonchev–Trinajstić information content (AvgIpc) is 2.32. The number of likely N-dealkylation sites (tertiary alicyclic amines) is 1. The van der Waals surface area contributed by atoms with Crippen LogP contribution < -0.4 is 5.73 Å². The van der Waals surface area contributed by atoms with Crippen LogP contribution in [0.4, 0.5) is 0 Å². The van der Waals surface area contributed by atoms with Crippen molar-refractivity contribution < 1.29 is 0 Å². The fraction of sp³-hybridized carbons (Fsp3) is 1.00. The van der Waals surface area contributed by atoms with E-state index < -0.39 is 0 Å². The van der Waals surface area contributed by atoms with Crippen molar-refractivity contribution in [3.05, 3.63) is 0 Å². The minimum absolute atomic E-state index is 0.292. The van der Waals surface area contributed by atoms with Gasteiger partial charge in [-0.3, -0.25) is 0 Å². The lowest BCUT2D eigenvalue weighted by Crippen LogP contribution is -2.42. The number of hydrogen-bond acceptors (Lipinski definition) is 3. The molecule has 0 radical (unpaired) electrons. The van der Waals surface area contributed by atoms with Crippen LogP contribution in [0.2, 0.25) is 0 Å². The van der Waals surface area contributed by atoms with E-state index in [9.17, 15) is 0 Å². The highest BCUT2D eigenvalue weighted by Crippen LogP contribution is 2.22. The van der Waals surface area contributed by atoms with Crippen LogP contribution in [-0.4, -0.2) is 56.6 Å². The molecule has 1 aliphatic rings. The van der Waals surface area contributed by atoms with E-state index in [0.717, 1.165) is 19.0 Å². The minimum atomic E-state index is 0.292. The molecule has 0 amide bonds. The van der Waals surface area contributed by atoms with Gasteiger partial charge >= 0.3 is 0 Å². The van der Waals surface area contributed by atoms with E-state index in [-0.39, 0.29) is 0 Å². The molecule has 1 unspecified atom stereocenters. The van der Waals surface area contributed by atoms with Gasteiger partial charge in [0.05, 0.1) is 0 Å². The molecule has 102 valence electrons. The molecule has 0 bridgehead atoms. The molecule has 3 nitrogen and oxygen atoms in total. The average molecular weight is 241 g/mol. The zero-order valence-corrected chi connectivity index (χ0v) is 12.2. The fourth-order valence-corrected chi connectivity index (χ4v) is 2.72. The zero-order valence-electron chi connectivity index (χ0n) is 12.2. The van der Waals surface area contributed by atoms with Crippen molar-refractivity contribution in [3.63, 3.8) is 0 Å². The summed E-state index contributed by atoms with van der Waals surface area (Å²) in [6.07, 6.45) is 3.87. The van der Waals surface area contributed by atoms with Crippen LogP contribution >= 0.6 is 0 Å². The third-order valence-electron chi connectivity index (χ3n) is 4.41. The first-order chi connectivity index (χ1) is 7.99. The van der Waals surface area contributed by atoms with Gasteiger partial charge in [-0.25, -0.2) is 0 Å². The van der Waals surface area contributed by atoms with Gasteiger partial charge in [-0.1, -0.05) is 13.8 Å². The molecule has 0 aromatic heterocycles. The molecule has 3 heteroatoms. The summed E-state index contributed by atoms with van der Waals surface area (Å²) in [4.78, 5) is 4.93. The molecule has 2 N–H and O–H groups in total. The van der Waals surface area contributed by atoms with Crippen LogP contribution in [-0.2, 0) is 0 Å². The lowest BCUT2D eigenvalue weighted by molar-refractivity contribution is 0.138. The Morgan fingerprint density at radius 1 is 1.35 bits per heavy atom. The standard InChI is InChI=1S/C14H31N3/c1-5-14(2,11-15)12-17(4)10-13-6-8-16(3)9-7-13/h13H,5-12,15H2,1-4H3. The summed E-state index contributed by atoms with van der Waals surface area (Å²) in [7, 11) is 4.48. The Bertz CT molecular complexity index is 206. The molecule has 1 rings (SSSR count). The van der Waals surface area contributed by atoms with Gasteiger partial charge in [-0.05, 0) is 64.3 Å². The van der Waals surface area contributed by atoms with Crippen molar-refractivity contribution in [2.45, 2.75) is 33.1 Å². The summed E-state index contributed by atoms with van der Waals surface area (Å²) >= 11 is 0. The Balaban J connectivity index is 2.31. The molecular weight excluding hydrogens is 210 g/mol. The number of nitrogens with two attached hydrogens (primary N) is 1. The van der Waals surface area contributed by atoms with Crippen LogP contribution in [0.5, 0.6) is 0 Å². The molecule has 17 heavy (non-hydrogen) atoms. The van der Waals surface area contributed by atoms with Crippen molar-refractivity contribution in [2.24, 2.45) is 17.1 Å². The van der Waals surface area contributed by atoms with Gasteiger partial charge < -0.3 is 15.5 Å². The molecule has 0 aromatic rings. The molecular formula is C14H31N3. The van der Waals surface area contributed by atoms with Gasteiger partial charge in [0.25, 0.3) is 0 Å². The molecule has 0 aromatic carbocycles. The molecule has 0 aliphatic carbocycles. The van der Waals surface area contributed by atoms with E-state index >= 15 is 0 Å². The number of piperidine rings is 1. The van der Waals surface area contributed by atoms with Crippen molar-refractivity contribution in [1.82, 2.24) is 9.80 Å². The predicted molar refractivity (Wildman–Crippen MR) is 75.2 cm³/mol. The smallest absolute Gasteiger partial charge is 0.00444 e. The highest BCUT2D eigenvalue weighted by Gasteiger charge is 2.24. The first kappa shape index (κ1) is 14.9. The highest BCUT2D eigenvalue weighted by atomic mass is 15.1. The minimum Gasteiger partial charge on any atom is -0.330 e. The lowest BCUT2D eigenvalue weighted by atomic mass is 9.86. The van der Waals surface area contributed by atoms with E-state index in [1.165, 1.54) is 38.9 Å². The van der Waals surface area contributed by atoms with Crippen LogP contribution in [0.3, 0.4) is 0 Å². The molecule has 0 spiro atoms. The van der Waals surface area contributed by atoms with Crippen LogP contribution in [0.25, 0.3) is 0 Å². The molecule has 1 fully saturated rings. The van der Waals surface area contributed by atoms with Crippen LogP contribution in [0.1, 0.15) is 33.1 Å². The number of rotatable bonds is 6. The third-order valence-corrected chi connectivity index (χ3v) is 4.41. The third kappa shape index (κ3) is 4.94. The Morgan fingerprint density at radius 2 is 1.94 bits per heavy atom. The maximum atomic E-state index is 5.88. The second-order valence-corrected chi connectivity index (χ2v) is 6.31. The zero-order chi connectivity index (χ0) is 12.9. The first-order valence-corrected chi connectivity index (χ1v) is 7.06. The van der Waals surface area contributed by atoms with E-state index in [2.05, 4.69) is 37.7 Å². The quantitative estimate of drug-likeness (QED) is 0.767. The van der Waals surface area contributed by atoms with Gasteiger partial charge in [0, 0.05) is 13.1 Å². The van der Waals surface area contributed by atoms with E-state index in [0.29, 0.717) is 5.41 Å². The summed E-state index contributed by atoms with van der Waals surface area (Å²) in [5.41, 5.74) is 6.18. The van der Waals surface area contributed by atoms with Crippen molar-refractivity contribution in [3.8, 4) is 0 Å². The molecule has 1 saturated heterocycles. The number of hydrogen-bond donors (Lipinski definition) is 1. The Labute approximate surface area is 107 Å². The maximum Gasteiger partial charge on any atom is 0.00444 e. The van der Waals surface area contributed by atoms with Gasteiger partial charge in [-0.2, -0.15) is 0 Å². The Hall–Kier alpha value is -0.120. The molecule has 1 heterocycles. The van der Waals surface area contributed by atoms with Crippen LogP contribution in [0.15, 0.2) is 0 Å². The van der Waals surface area contributed by atoms with Crippen molar-refractivity contribution in [1.29, 1.82) is 0 Å². The van der Waals surface area contributed by atoms with Gasteiger partial charge in [0.15, 0.2) is 0 Å². The molecule has 1 aliphatic heterocycles.